The molecule has 0 bridgehead atoms. The minimum atomic E-state index is -3.69. The normalized spacial score (nSPS) is 13.7. The molecule has 1 atom stereocenters. The third kappa shape index (κ3) is 3.61. The molecular weight excluding hydrogens is 287 g/mol. The Bertz CT molecular complexity index is 535. The summed E-state index contributed by atoms with van der Waals surface area (Å²) in [5, 5.41) is 0. The largest absolute Gasteiger partial charge is 0.396 e. The van der Waals surface area contributed by atoms with Crippen LogP contribution in [0.4, 0.5) is 10.1 Å². The Balaban J connectivity index is 3.11. The molecule has 4 nitrogen and oxygen atoms in total. The second-order valence-electron chi connectivity index (χ2n) is 4.22. The molecule has 0 heterocycles. The number of sulfonamides is 1. The van der Waals surface area contributed by atoms with Crippen molar-refractivity contribution < 1.29 is 12.8 Å². The van der Waals surface area contributed by atoms with Crippen molar-refractivity contribution in [3.8, 4) is 0 Å². The molecule has 19 heavy (non-hydrogen) atoms. The summed E-state index contributed by atoms with van der Waals surface area (Å²) in [7, 11) is -2.17. The fourth-order valence-electron chi connectivity index (χ4n) is 1.70. The van der Waals surface area contributed by atoms with E-state index in [1.165, 1.54) is 23.5 Å². The van der Waals surface area contributed by atoms with Crippen LogP contribution in [-0.4, -0.2) is 37.8 Å². The number of nitrogen functional groups attached to an aromatic ring is 1. The van der Waals surface area contributed by atoms with Crippen LogP contribution in [0.2, 0.25) is 0 Å². The van der Waals surface area contributed by atoms with Crippen molar-refractivity contribution in [2.45, 2.75) is 24.3 Å². The lowest BCUT2D eigenvalue weighted by Gasteiger charge is -2.26. The van der Waals surface area contributed by atoms with Crippen LogP contribution in [0.25, 0.3) is 0 Å². The molecule has 0 spiro atoms. The highest BCUT2D eigenvalue weighted by Gasteiger charge is 2.27. The van der Waals surface area contributed by atoms with Gasteiger partial charge in [0.15, 0.2) is 0 Å². The van der Waals surface area contributed by atoms with Gasteiger partial charge in [0.2, 0.25) is 10.0 Å². The van der Waals surface area contributed by atoms with E-state index in [0.29, 0.717) is 12.2 Å². The van der Waals surface area contributed by atoms with Crippen molar-refractivity contribution >= 4 is 27.5 Å². The number of thioether (sulfide) groups is 1. The molecule has 0 aliphatic rings. The number of halogens is 1. The maximum absolute atomic E-state index is 13.4. The minimum absolute atomic E-state index is 0.0576. The highest BCUT2D eigenvalue weighted by atomic mass is 32.2. The molecule has 0 aromatic heterocycles. The number of hydrogen-bond acceptors (Lipinski definition) is 4. The lowest BCUT2D eigenvalue weighted by molar-refractivity contribution is 0.385. The maximum atomic E-state index is 13.4. The molecule has 0 aliphatic carbocycles. The summed E-state index contributed by atoms with van der Waals surface area (Å²) in [6.45, 7) is 1.93. The Labute approximate surface area is 118 Å². The second-order valence-corrected chi connectivity index (χ2v) is 7.13. The van der Waals surface area contributed by atoms with Crippen LogP contribution in [0.3, 0.4) is 0 Å². The molecule has 0 saturated heterocycles. The first-order valence-electron chi connectivity index (χ1n) is 5.86. The summed E-state index contributed by atoms with van der Waals surface area (Å²) < 4.78 is 39.5. The van der Waals surface area contributed by atoms with Crippen LogP contribution >= 0.6 is 11.8 Å². The van der Waals surface area contributed by atoms with E-state index >= 15 is 0 Å². The molecule has 0 saturated carbocycles. The van der Waals surface area contributed by atoms with E-state index in [9.17, 15) is 12.8 Å². The van der Waals surface area contributed by atoms with Crippen molar-refractivity contribution in [1.82, 2.24) is 4.31 Å². The molecule has 0 amide bonds. The van der Waals surface area contributed by atoms with Crippen LogP contribution in [0.1, 0.15) is 13.3 Å². The summed E-state index contributed by atoms with van der Waals surface area (Å²) >= 11 is 1.58. The number of hydrogen-bond donors (Lipinski definition) is 1. The van der Waals surface area contributed by atoms with Crippen molar-refractivity contribution in [2.24, 2.45) is 0 Å². The van der Waals surface area contributed by atoms with E-state index in [-0.39, 0.29) is 16.6 Å². The van der Waals surface area contributed by atoms with Gasteiger partial charge in [-0.15, -0.1) is 0 Å². The summed E-state index contributed by atoms with van der Waals surface area (Å²) in [5.41, 5.74) is 5.30. The van der Waals surface area contributed by atoms with Crippen molar-refractivity contribution in [2.75, 3.05) is 24.8 Å². The average Bonchev–Trinajstić information content (AvgIpc) is 2.38. The van der Waals surface area contributed by atoms with Gasteiger partial charge in [-0.05, 0) is 30.9 Å². The Morgan fingerprint density at radius 2 is 2.11 bits per heavy atom. The first-order valence-corrected chi connectivity index (χ1v) is 8.70. The first kappa shape index (κ1) is 16.3. The number of anilines is 1. The van der Waals surface area contributed by atoms with Gasteiger partial charge in [-0.25, -0.2) is 12.8 Å². The van der Waals surface area contributed by atoms with Gasteiger partial charge >= 0.3 is 0 Å². The quantitative estimate of drug-likeness (QED) is 0.818. The second kappa shape index (κ2) is 6.58. The van der Waals surface area contributed by atoms with Gasteiger partial charge in [-0.2, -0.15) is 16.1 Å². The zero-order valence-electron chi connectivity index (χ0n) is 11.3. The molecule has 108 valence electrons. The van der Waals surface area contributed by atoms with Gasteiger partial charge in [0.25, 0.3) is 0 Å². The van der Waals surface area contributed by atoms with Gasteiger partial charge < -0.3 is 5.73 Å². The zero-order chi connectivity index (χ0) is 14.6. The third-order valence-corrected chi connectivity index (χ3v) is 5.62. The minimum Gasteiger partial charge on any atom is -0.396 e. The number of rotatable bonds is 6. The number of nitrogens with two attached hydrogens (primary N) is 1. The first-order chi connectivity index (χ1) is 8.84. The standard InChI is InChI=1S/C12H19FN2O2S2/c1-4-9(8-18-3)15(2)19(16,17)10-5-6-12(14)11(13)7-10/h5-7,9H,4,8,14H2,1-3H3. The molecule has 1 aromatic rings. The number of nitrogens with zero attached hydrogens (tertiary/aromatic N) is 1. The zero-order valence-corrected chi connectivity index (χ0v) is 12.9. The van der Waals surface area contributed by atoms with Crippen LogP contribution in [0, 0.1) is 5.82 Å². The lowest BCUT2D eigenvalue weighted by Crippen LogP contribution is -2.38. The summed E-state index contributed by atoms with van der Waals surface area (Å²) in [5.74, 6) is -0.0173. The van der Waals surface area contributed by atoms with E-state index in [1.54, 1.807) is 11.8 Å². The molecule has 0 radical (unpaired) electrons. The van der Waals surface area contributed by atoms with Crippen LogP contribution in [0.15, 0.2) is 23.1 Å². The summed E-state index contributed by atoms with van der Waals surface area (Å²) in [6, 6.07) is 3.45. The molecule has 7 heteroatoms. The molecule has 1 rings (SSSR count). The highest BCUT2D eigenvalue weighted by Crippen LogP contribution is 2.22. The van der Waals surface area contributed by atoms with Crippen LogP contribution in [-0.2, 0) is 10.0 Å². The number of benzene rings is 1. The maximum Gasteiger partial charge on any atom is 0.243 e. The van der Waals surface area contributed by atoms with Gasteiger partial charge in [-0.1, -0.05) is 6.92 Å². The fourth-order valence-corrected chi connectivity index (χ4v) is 4.08. The fraction of sp³-hybridized carbons (Fsp3) is 0.500. The van der Waals surface area contributed by atoms with Crippen LogP contribution in [0.5, 0.6) is 0 Å². The van der Waals surface area contributed by atoms with E-state index in [0.717, 1.165) is 6.07 Å². The van der Waals surface area contributed by atoms with Gasteiger partial charge in [-0.3, -0.25) is 0 Å². The van der Waals surface area contributed by atoms with Crippen molar-refractivity contribution in [3.63, 3.8) is 0 Å². The smallest absolute Gasteiger partial charge is 0.243 e. The molecular formula is C12H19FN2O2S2. The monoisotopic (exact) mass is 306 g/mol. The van der Waals surface area contributed by atoms with E-state index in [2.05, 4.69) is 0 Å². The predicted octanol–water partition coefficient (Wildman–Crippen LogP) is 2.17. The van der Waals surface area contributed by atoms with Crippen molar-refractivity contribution in [3.05, 3.63) is 24.0 Å². The SMILES string of the molecule is CCC(CSC)N(C)S(=O)(=O)c1ccc(N)c(F)c1. The van der Waals surface area contributed by atoms with E-state index < -0.39 is 15.8 Å². The molecule has 1 unspecified atom stereocenters. The van der Waals surface area contributed by atoms with Gasteiger partial charge in [0, 0.05) is 18.8 Å². The topological polar surface area (TPSA) is 63.4 Å². The Kier molecular flexibility index (Phi) is 5.64. The lowest BCUT2D eigenvalue weighted by atomic mass is 10.3. The highest BCUT2D eigenvalue weighted by molar-refractivity contribution is 7.98. The molecule has 2 N–H and O–H groups in total. The average molecular weight is 306 g/mol. The van der Waals surface area contributed by atoms with Gasteiger partial charge in [0.1, 0.15) is 5.82 Å². The summed E-state index contributed by atoms with van der Waals surface area (Å²) in [6.07, 6.45) is 2.63. The van der Waals surface area contributed by atoms with E-state index in [1.807, 2.05) is 13.2 Å². The molecule has 0 aliphatic heterocycles. The third-order valence-electron chi connectivity index (χ3n) is 2.99. The summed E-state index contributed by atoms with van der Waals surface area (Å²) in [4.78, 5) is -0.0683. The van der Waals surface area contributed by atoms with Crippen LogP contribution < -0.4 is 5.73 Å². The molecule has 0 fully saturated rings. The Hall–Kier alpha value is -0.790. The Morgan fingerprint density at radius 3 is 2.58 bits per heavy atom. The van der Waals surface area contributed by atoms with Gasteiger partial charge in [0.05, 0.1) is 10.6 Å². The molecule has 1 aromatic carbocycles. The van der Waals surface area contributed by atoms with E-state index in [4.69, 9.17) is 5.73 Å². The predicted molar refractivity (Wildman–Crippen MR) is 78.2 cm³/mol. The van der Waals surface area contributed by atoms with Crippen molar-refractivity contribution in [1.29, 1.82) is 0 Å². The Morgan fingerprint density at radius 1 is 1.47 bits per heavy atom.